The van der Waals surface area contributed by atoms with Crippen LogP contribution in [0.5, 0.6) is 0 Å². The zero-order valence-electron chi connectivity index (χ0n) is 16.4. The molecule has 0 aliphatic carbocycles. The summed E-state index contributed by atoms with van der Waals surface area (Å²) in [7, 11) is 0. The van der Waals surface area contributed by atoms with Gasteiger partial charge in [-0.2, -0.15) is 13.9 Å². The van der Waals surface area contributed by atoms with E-state index < -0.39 is 5.76 Å². The Kier molecular flexibility index (Phi) is 7.44. The van der Waals surface area contributed by atoms with E-state index in [1.807, 2.05) is 30.3 Å². The van der Waals surface area contributed by atoms with Crippen molar-refractivity contribution in [2.24, 2.45) is 10.2 Å². The minimum Gasteiger partial charge on any atom is -0.455 e. The second-order valence-corrected chi connectivity index (χ2v) is 9.85. The van der Waals surface area contributed by atoms with E-state index in [1.165, 1.54) is 18.0 Å². The van der Waals surface area contributed by atoms with Crippen LogP contribution < -0.4 is 5.32 Å². The van der Waals surface area contributed by atoms with Gasteiger partial charge in [0.1, 0.15) is 11.5 Å². The van der Waals surface area contributed by atoms with Gasteiger partial charge in [-0.15, -0.1) is 5.10 Å². The lowest BCUT2D eigenvalue weighted by Crippen LogP contribution is -2.25. The van der Waals surface area contributed by atoms with Crippen LogP contribution >= 0.6 is 39.5 Å². The molecule has 0 spiro atoms. The van der Waals surface area contributed by atoms with Crippen molar-refractivity contribution in [1.82, 2.24) is 5.32 Å². The SMILES string of the molecule is O=C1N/C(=N\N=C/c2ccc(-c3ccc(Br)cc3)o2)S[C@@H]1Cc1ccc(SC(F)F)cc1. The third-order valence-corrected chi connectivity index (χ3v) is 6.76. The summed E-state index contributed by atoms with van der Waals surface area (Å²) in [5.74, 6) is -1.36. The highest BCUT2D eigenvalue weighted by Gasteiger charge is 2.30. The van der Waals surface area contributed by atoms with Gasteiger partial charge in [0.2, 0.25) is 5.91 Å². The highest BCUT2D eigenvalue weighted by atomic mass is 79.9. The van der Waals surface area contributed by atoms with Gasteiger partial charge in [-0.05, 0) is 48.4 Å². The van der Waals surface area contributed by atoms with Crippen molar-refractivity contribution in [2.75, 3.05) is 0 Å². The van der Waals surface area contributed by atoms with E-state index in [9.17, 15) is 13.6 Å². The highest BCUT2D eigenvalue weighted by Crippen LogP contribution is 2.28. The molecular formula is C22H16BrF2N3O2S2. The molecule has 32 heavy (non-hydrogen) atoms. The number of hydrogen-bond donors (Lipinski definition) is 1. The quantitative estimate of drug-likeness (QED) is 0.222. The molecule has 0 saturated carbocycles. The molecule has 5 nitrogen and oxygen atoms in total. The standard InChI is InChI=1S/C22H16BrF2N3O2S2/c23-15-5-3-14(4-6-15)18-10-7-16(30-18)12-26-28-22-27-20(29)19(32-22)11-13-1-8-17(9-2-13)31-21(24)25/h1-10,12,19,21H,11H2,(H,27,28,29)/b26-12-/t19-/m1/s1. The molecule has 1 N–H and O–H groups in total. The second-order valence-electron chi connectivity index (χ2n) is 6.68. The average molecular weight is 536 g/mol. The lowest BCUT2D eigenvalue weighted by molar-refractivity contribution is -0.118. The van der Waals surface area contributed by atoms with Crippen LogP contribution in [-0.2, 0) is 11.2 Å². The molecule has 0 unspecified atom stereocenters. The van der Waals surface area contributed by atoms with Gasteiger partial charge in [0, 0.05) is 14.9 Å². The maximum Gasteiger partial charge on any atom is 0.288 e. The summed E-state index contributed by atoms with van der Waals surface area (Å²) in [5, 5.41) is 10.8. The summed E-state index contributed by atoms with van der Waals surface area (Å²) in [4.78, 5) is 12.7. The fourth-order valence-electron chi connectivity index (χ4n) is 2.94. The fraction of sp³-hybridized carbons (Fsp3) is 0.136. The first kappa shape index (κ1) is 22.8. The van der Waals surface area contributed by atoms with E-state index >= 15 is 0 Å². The average Bonchev–Trinajstić information content (AvgIpc) is 3.36. The van der Waals surface area contributed by atoms with E-state index in [4.69, 9.17) is 4.42 Å². The second kappa shape index (κ2) is 10.5. The van der Waals surface area contributed by atoms with Crippen LogP contribution in [-0.4, -0.2) is 28.3 Å². The molecule has 0 bridgehead atoms. The van der Waals surface area contributed by atoms with Crippen LogP contribution in [0.1, 0.15) is 11.3 Å². The van der Waals surface area contributed by atoms with Crippen molar-refractivity contribution in [3.8, 4) is 11.3 Å². The number of carbonyl (C=O) groups excluding carboxylic acids is 1. The van der Waals surface area contributed by atoms with Crippen molar-refractivity contribution >= 4 is 56.7 Å². The third kappa shape index (κ3) is 6.08. The molecule has 2 aromatic carbocycles. The Bertz CT molecular complexity index is 1150. The molecule has 10 heteroatoms. The first-order valence-electron chi connectivity index (χ1n) is 9.44. The number of alkyl halides is 2. The maximum atomic E-state index is 12.4. The van der Waals surface area contributed by atoms with E-state index in [0.29, 0.717) is 39.8 Å². The zero-order valence-corrected chi connectivity index (χ0v) is 19.6. The Labute approximate surface area is 199 Å². The Morgan fingerprint density at radius 3 is 2.59 bits per heavy atom. The van der Waals surface area contributed by atoms with E-state index in [2.05, 4.69) is 31.4 Å². The topological polar surface area (TPSA) is 67.0 Å². The van der Waals surface area contributed by atoms with Crippen molar-refractivity contribution in [2.45, 2.75) is 22.3 Å². The summed E-state index contributed by atoms with van der Waals surface area (Å²) >= 11 is 5.18. The summed E-state index contributed by atoms with van der Waals surface area (Å²) in [6, 6.07) is 18.2. The lowest BCUT2D eigenvalue weighted by Gasteiger charge is -2.06. The number of furan rings is 1. The van der Waals surface area contributed by atoms with E-state index in [1.54, 1.807) is 30.3 Å². The molecule has 4 rings (SSSR count). The molecule has 1 amide bonds. The normalized spacial score (nSPS) is 17.6. The van der Waals surface area contributed by atoms with Crippen LogP contribution in [0, 0.1) is 0 Å². The van der Waals surface area contributed by atoms with Crippen molar-refractivity contribution in [3.05, 3.63) is 76.5 Å². The van der Waals surface area contributed by atoms with Crippen LogP contribution in [0.3, 0.4) is 0 Å². The summed E-state index contributed by atoms with van der Waals surface area (Å²) < 4.78 is 31.6. The molecule has 1 aliphatic rings. The number of halogens is 3. The van der Waals surface area contributed by atoms with Gasteiger partial charge >= 0.3 is 0 Å². The Morgan fingerprint density at radius 1 is 1.12 bits per heavy atom. The molecule has 3 aromatic rings. The number of amidine groups is 1. The van der Waals surface area contributed by atoms with Crippen molar-refractivity contribution < 1.29 is 18.0 Å². The van der Waals surface area contributed by atoms with Gasteiger partial charge in [0.15, 0.2) is 5.17 Å². The fourth-order valence-corrected chi connectivity index (χ4v) is 4.67. The van der Waals surface area contributed by atoms with Crippen LogP contribution in [0.4, 0.5) is 8.78 Å². The van der Waals surface area contributed by atoms with Crippen LogP contribution in [0.15, 0.2) is 84.7 Å². The molecule has 0 radical (unpaired) electrons. The molecule has 1 fully saturated rings. The van der Waals surface area contributed by atoms with Crippen LogP contribution in [0.2, 0.25) is 0 Å². The predicted octanol–water partition coefficient (Wildman–Crippen LogP) is 6.19. The van der Waals surface area contributed by atoms with Crippen LogP contribution in [0.25, 0.3) is 11.3 Å². The molecule has 1 aromatic heterocycles. The third-order valence-electron chi connectivity index (χ3n) is 4.44. The minimum atomic E-state index is -2.45. The number of carbonyl (C=O) groups is 1. The van der Waals surface area contributed by atoms with E-state index in [-0.39, 0.29) is 11.2 Å². The number of nitrogens with one attached hydrogen (secondary N) is 1. The van der Waals surface area contributed by atoms with Gasteiger partial charge in [-0.25, -0.2) is 0 Å². The predicted molar refractivity (Wildman–Crippen MR) is 128 cm³/mol. The number of hydrogen-bond acceptors (Lipinski definition) is 6. The Hall–Kier alpha value is -2.43. The lowest BCUT2D eigenvalue weighted by atomic mass is 10.1. The highest BCUT2D eigenvalue weighted by molar-refractivity contribution is 9.10. The number of nitrogens with zero attached hydrogens (tertiary/aromatic N) is 2. The van der Waals surface area contributed by atoms with Gasteiger partial charge in [-0.1, -0.05) is 63.7 Å². The molecular weight excluding hydrogens is 520 g/mol. The number of amides is 1. The van der Waals surface area contributed by atoms with Gasteiger partial charge < -0.3 is 9.73 Å². The first-order chi connectivity index (χ1) is 15.5. The smallest absolute Gasteiger partial charge is 0.288 e. The van der Waals surface area contributed by atoms with Crippen molar-refractivity contribution in [1.29, 1.82) is 0 Å². The van der Waals surface area contributed by atoms with Crippen molar-refractivity contribution in [3.63, 3.8) is 0 Å². The summed E-state index contributed by atoms with van der Waals surface area (Å²) in [6.45, 7) is 0. The molecule has 1 atom stereocenters. The summed E-state index contributed by atoms with van der Waals surface area (Å²) in [6.07, 6.45) is 1.95. The maximum absolute atomic E-state index is 12.4. The largest absolute Gasteiger partial charge is 0.455 e. The summed E-state index contributed by atoms with van der Waals surface area (Å²) in [5.41, 5.74) is 1.83. The number of thioether (sulfide) groups is 2. The van der Waals surface area contributed by atoms with Gasteiger partial charge in [0.05, 0.1) is 11.5 Å². The number of benzene rings is 2. The first-order valence-corrected chi connectivity index (χ1v) is 12.0. The molecule has 2 heterocycles. The molecule has 164 valence electrons. The minimum absolute atomic E-state index is 0.162. The molecule has 1 saturated heterocycles. The molecule has 1 aliphatic heterocycles. The Morgan fingerprint density at radius 2 is 1.88 bits per heavy atom. The zero-order chi connectivity index (χ0) is 22.5. The van der Waals surface area contributed by atoms with Gasteiger partial charge in [0.25, 0.3) is 5.76 Å². The Balaban J connectivity index is 1.34. The number of rotatable bonds is 7. The monoisotopic (exact) mass is 535 g/mol. The van der Waals surface area contributed by atoms with E-state index in [0.717, 1.165) is 15.6 Å². The van der Waals surface area contributed by atoms with Gasteiger partial charge in [-0.3, -0.25) is 4.79 Å².